The van der Waals surface area contributed by atoms with Gasteiger partial charge in [0.1, 0.15) is 5.75 Å². The lowest BCUT2D eigenvalue weighted by Crippen LogP contribution is -2.19. The molecule has 6 heteroatoms. The monoisotopic (exact) mass is 392 g/mol. The summed E-state index contributed by atoms with van der Waals surface area (Å²) in [5, 5.41) is 3.98. The molecule has 0 radical (unpaired) electrons. The Morgan fingerprint density at radius 1 is 1.30 bits per heavy atom. The summed E-state index contributed by atoms with van der Waals surface area (Å²) in [6, 6.07) is 15.6. The second-order valence-electron chi connectivity index (χ2n) is 4.66. The molecular weight excluding hydrogens is 376 g/mol. The Morgan fingerprint density at radius 2 is 2.09 bits per heavy atom. The molecule has 0 aliphatic heterocycles. The van der Waals surface area contributed by atoms with Crippen LogP contribution in [0.4, 0.5) is 0 Å². The number of hydrazone groups is 1. The van der Waals surface area contributed by atoms with Gasteiger partial charge in [0.25, 0.3) is 0 Å². The molecule has 0 bridgehead atoms. The minimum atomic E-state index is -0.129. The Hall–Kier alpha value is -1.79. The van der Waals surface area contributed by atoms with E-state index in [0.29, 0.717) is 11.5 Å². The van der Waals surface area contributed by atoms with Crippen LogP contribution in [0.3, 0.4) is 0 Å². The van der Waals surface area contributed by atoms with E-state index < -0.39 is 0 Å². The van der Waals surface area contributed by atoms with Gasteiger partial charge in [0.2, 0.25) is 5.91 Å². The standard InChI is InChI=1S/C17H17BrN2O2S/c1-22-16-8-7-15(18)9-14(16)10-19-20-17(21)12-23-11-13-5-3-2-4-6-13/h2-10H,11-12H2,1H3,(H,20,21)/b19-10-. The van der Waals surface area contributed by atoms with Gasteiger partial charge in [-0.3, -0.25) is 4.79 Å². The largest absolute Gasteiger partial charge is 0.496 e. The summed E-state index contributed by atoms with van der Waals surface area (Å²) in [6.07, 6.45) is 1.57. The number of rotatable bonds is 7. The predicted molar refractivity (Wildman–Crippen MR) is 99.0 cm³/mol. The maximum atomic E-state index is 11.8. The van der Waals surface area contributed by atoms with Crippen LogP contribution in [0.15, 0.2) is 58.1 Å². The Labute approximate surface area is 148 Å². The van der Waals surface area contributed by atoms with Gasteiger partial charge in [0, 0.05) is 15.8 Å². The highest BCUT2D eigenvalue weighted by molar-refractivity contribution is 9.10. The fourth-order valence-corrected chi connectivity index (χ4v) is 3.01. The first kappa shape index (κ1) is 17.6. The quantitative estimate of drug-likeness (QED) is 0.575. The average molecular weight is 393 g/mol. The van der Waals surface area contributed by atoms with Crippen LogP contribution >= 0.6 is 27.7 Å². The number of amides is 1. The Morgan fingerprint density at radius 3 is 2.83 bits per heavy atom. The first-order valence-electron chi connectivity index (χ1n) is 6.96. The SMILES string of the molecule is COc1ccc(Br)cc1/C=N\NC(=O)CSCc1ccccc1. The topological polar surface area (TPSA) is 50.7 Å². The Balaban J connectivity index is 1.79. The molecule has 1 amide bonds. The highest BCUT2D eigenvalue weighted by Crippen LogP contribution is 2.21. The molecule has 0 atom stereocenters. The van der Waals surface area contributed by atoms with Crippen LogP contribution in [-0.4, -0.2) is 25.0 Å². The summed E-state index contributed by atoms with van der Waals surface area (Å²) >= 11 is 4.95. The smallest absolute Gasteiger partial charge is 0.250 e. The number of halogens is 1. The van der Waals surface area contributed by atoms with Crippen molar-refractivity contribution in [3.63, 3.8) is 0 Å². The predicted octanol–water partition coefficient (Wildman–Crippen LogP) is 3.84. The third-order valence-electron chi connectivity index (χ3n) is 2.93. The molecule has 2 aromatic carbocycles. The van der Waals surface area contributed by atoms with Crippen molar-refractivity contribution >= 4 is 39.8 Å². The molecule has 0 spiro atoms. The van der Waals surface area contributed by atoms with E-state index in [9.17, 15) is 4.79 Å². The summed E-state index contributed by atoms with van der Waals surface area (Å²) < 4.78 is 6.16. The lowest BCUT2D eigenvalue weighted by Gasteiger charge is -2.05. The van der Waals surface area contributed by atoms with Gasteiger partial charge < -0.3 is 4.74 Å². The van der Waals surface area contributed by atoms with Crippen LogP contribution in [0, 0.1) is 0 Å². The molecule has 0 aliphatic rings. The van der Waals surface area contributed by atoms with Gasteiger partial charge in [-0.05, 0) is 23.8 Å². The van der Waals surface area contributed by atoms with Crippen LogP contribution < -0.4 is 10.2 Å². The molecule has 2 aromatic rings. The third-order valence-corrected chi connectivity index (χ3v) is 4.43. The summed E-state index contributed by atoms with van der Waals surface area (Å²) in [5.41, 5.74) is 4.52. The van der Waals surface area contributed by atoms with E-state index in [1.54, 1.807) is 25.1 Å². The van der Waals surface area contributed by atoms with Gasteiger partial charge in [-0.1, -0.05) is 46.3 Å². The fourth-order valence-electron chi connectivity index (χ4n) is 1.85. The maximum Gasteiger partial charge on any atom is 0.250 e. The number of nitrogens with one attached hydrogen (secondary N) is 1. The molecule has 0 unspecified atom stereocenters. The van der Waals surface area contributed by atoms with Crippen LogP contribution in [0.5, 0.6) is 5.75 Å². The van der Waals surface area contributed by atoms with Gasteiger partial charge in [-0.25, -0.2) is 5.43 Å². The van der Waals surface area contributed by atoms with Gasteiger partial charge in [-0.15, -0.1) is 11.8 Å². The van der Waals surface area contributed by atoms with Crippen molar-refractivity contribution in [3.05, 3.63) is 64.1 Å². The van der Waals surface area contributed by atoms with E-state index in [1.807, 2.05) is 48.5 Å². The molecule has 23 heavy (non-hydrogen) atoms. The molecule has 0 saturated carbocycles. The van der Waals surface area contributed by atoms with Crippen LogP contribution in [0.25, 0.3) is 0 Å². The second kappa shape index (κ2) is 9.37. The number of methoxy groups -OCH3 is 1. The van der Waals surface area contributed by atoms with Gasteiger partial charge >= 0.3 is 0 Å². The summed E-state index contributed by atoms with van der Waals surface area (Å²) in [6.45, 7) is 0. The molecular formula is C17H17BrN2O2S. The molecule has 0 aromatic heterocycles. The normalized spacial score (nSPS) is 10.7. The summed E-state index contributed by atoms with van der Waals surface area (Å²) in [5.74, 6) is 1.74. The minimum Gasteiger partial charge on any atom is -0.496 e. The number of hydrogen-bond acceptors (Lipinski definition) is 4. The molecule has 2 rings (SSSR count). The number of ether oxygens (including phenoxy) is 1. The number of carbonyl (C=O) groups excluding carboxylic acids is 1. The molecule has 4 nitrogen and oxygen atoms in total. The zero-order valence-electron chi connectivity index (χ0n) is 12.7. The zero-order chi connectivity index (χ0) is 16.5. The van der Waals surface area contributed by atoms with E-state index in [0.717, 1.165) is 15.8 Å². The van der Waals surface area contributed by atoms with E-state index in [-0.39, 0.29) is 5.91 Å². The van der Waals surface area contributed by atoms with Crippen LogP contribution in [0.1, 0.15) is 11.1 Å². The lowest BCUT2D eigenvalue weighted by atomic mass is 10.2. The third kappa shape index (κ3) is 6.08. The van der Waals surface area contributed by atoms with Crippen molar-refractivity contribution in [1.82, 2.24) is 5.43 Å². The van der Waals surface area contributed by atoms with Crippen LogP contribution in [0.2, 0.25) is 0 Å². The maximum absolute atomic E-state index is 11.8. The molecule has 120 valence electrons. The molecule has 0 aliphatic carbocycles. The second-order valence-corrected chi connectivity index (χ2v) is 6.56. The van der Waals surface area contributed by atoms with Gasteiger partial charge in [-0.2, -0.15) is 5.10 Å². The Kier molecular flexibility index (Phi) is 7.16. The molecule has 0 fully saturated rings. The highest BCUT2D eigenvalue weighted by atomic mass is 79.9. The van der Waals surface area contributed by atoms with Gasteiger partial charge in [0.05, 0.1) is 19.1 Å². The van der Waals surface area contributed by atoms with E-state index in [2.05, 4.69) is 26.5 Å². The van der Waals surface area contributed by atoms with Crippen molar-refractivity contribution in [2.45, 2.75) is 5.75 Å². The molecule has 0 saturated heterocycles. The first-order valence-corrected chi connectivity index (χ1v) is 8.91. The van der Waals surface area contributed by atoms with E-state index in [4.69, 9.17) is 4.74 Å². The molecule has 0 heterocycles. The van der Waals surface area contributed by atoms with E-state index >= 15 is 0 Å². The molecule has 1 N–H and O–H groups in total. The lowest BCUT2D eigenvalue weighted by molar-refractivity contribution is -0.118. The van der Waals surface area contributed by atoms with Crippen molar-refractivity contribution < 1.29 is 9.53 Å². The highest BCUT2D eigenvalue weighted by Gasteiger charge is 2.03. The number of hydrogen-bond donors (Lipinski definition) is 1. The fraction of sp³-hybridized carbons (Fsp3) is 0.176. The number of nitrogens with zero attached hydrogens (tertiary/aromatic N) is 1. The minimum absolute atomic E-state index is 0.129. The number of benzene rings is 2. The van der Waals surface area contributed by atoms with Crippen molar-refractivity contribution in [1.29, 1.82) is 0 Å². The van der Waals surface area contributed by atoms with Gasteiger partial charge in [0.15, 0.2) is 0 Å². The first-order chi connectivity index (χ1) is 11.2. The summed E-state index contributed by atoms with van der Waals surface area (Å²) in [4.78, 5) is 11.8. The average Bonchev–Trinajstić information content (AvgIpc) is 2.56. The van der Waals surface area contributed by atoms with Crippen molar-refractivity contribution in [3.8, 4) is 5.75 Å². The van der Waals surface area contributed by atoms with E-state index in [1.165, 1.54) is 5.56 Å². The van der Waals surface area contributed by atoms with Crippen molar-refractivity contribution in [2.75, 3.05) is 12.9 Å². The summed E-state index contributed by atoms with van der Waals surface area (Å²) in [7, 11) is 1.60. The zero-order valence-corrected chi connectivity index (χ0v) is 15.1. The Bertz CT molecular complexity index is 678. The van der Waals surface area contributed by atoms with Crippen molar-refractivity contribution in [2.24, 2.45) is 5.10 Å². The number of thioether (sulfide) groups is 1. The van der Waals surface area contributed by atoms with Crippen LogP contribution in [-0.2, 0) is 10.5 Å². The number of carbonyl (C=O) groups is 1.